The van der Waals surface area contributed by atoms with E-state index in [4.69, 9.17) is 39.5 Å². The van der Waals surface area contributed by atoms with E-state index < -0.39 is 9.96 Å². The van der Waals surface area contributed by atoms with E-state index in [-0.39, 0.29) is 12.0 Å². The van der Waals surface area contributed by atoms with Crippen LogP contribution >= 0.6 is 46.1 Å². The standard InChI is InChI=1S/C12H15Cl3N2O2S/c13-12(14,15)11(16-7-8-3-1-5-19-8)17-10(18)9-4-2-6-20-9/h2,4,6,8,11,16H,1,3,5,7H2,(H,17,18)/p+1. The van der Waals surface area contributed by atoms with Gasteiger partial charge in [0.15, 0.2) is 0 Å². The van der Waals surface area contributed by atoms with Gasteiger partial charge in [-0.15, -0.1) is 11.3 Å². The van der Waals surface area contributed by atoms with Gasteiger partial charge in [-0.05, 0) is 24.3 Å². The lowest BCUT2D eigenvalue weighted by molar-refractivity contribution is -0.697. The number of amides is 1. The Hall–Kier alpha value is -0.0400. The van der Waals surface area contributed by atoms with E-state index in [0.29, 0.717) is 11.4 Å². The molecule has 2 heterocycles. The van der Waals surface area contributed by atoms with Crippen molar-refractivity contribution in [2.75, 3.05) is 13.2 Å². The number of ether oxygens (including phenoxy) is 1. The highest BCUT2D eigenvalue weighted by Crippen LogP contribution is 2.27. The highest BCUT2D eigenvalue weighted by molar-refractivity contribution is 7.12. The molecule has 0 spiro atoms. The number of nitrogens with one attached hydrogen (secondary N) is 1. The van der Waals surface area contributed by atoms with Gasteiger partial charge < -0.3 is 10.1 Å². The Morgan fingerprint density at radius 1 is 1.60 bits per heavy atom. The lowest BCUT2D eigenvalue weighted by atomic mass is 10.2. The van der Waals surface area contributed by atoms with Crippen LogP contribution in [0.5, 0.6) is 0 Å². The number of nitrogens with two attached hydrogens (primary N) is 1. The smallest absolute Gasteiger partial charge is 0.265 e. The van der Waals surface area contributed by atoms with Gasteiger partial charge in [0.1, 0.15) is 12.6 Å². The average molecular weight is 359 g/mol. The molecule has 0 radical (unpaired) electrons. The van der Waals surface area contributed by atoms with E-state index in [0.717, 1.165) is 19.4 Å². The molecule has 3 N–H and O–H groups in total. The fraction of sp³-hybridized carbons (Fsp3) is 0.583. The third-order valence-corrected chi connectivity index (χ3v) is 4.62. The molecule has 2 unspecified atom stereocenters. The molecule has 1 amide bonds. The van der Waals surface area contributed by atoms with Crippen molar-refractivity contribution in [3.63, 3.8) is 0 Å². The summed E-state index contributed by atoms with van der Waals surface area (Å²) in [7, 11) is 0. The molecular weight excluding hydrogens is 343 g/mol. The number of hydrogen-bond acceptors (Lipinski definition) is 3. The molecule has 0 aliphatic carbocycles. The number of thiophene rings is 1. The molecule has 8 heteroatoms. The van der Waals surface area contributed by atoms with Gasteiger partial charge in [-0.3, -0.25) is 10.1 Å². The van der Waals surface area contributed by atoms with Gasteiger partial charge in [0.25, 0.3) is 9.70 Å². The summed E-state index contributed by atoms with van der Waals surface area (Å²) in [5, 5.41) is 6.39. The van der Waals surface area contributed by atoms with Crippen molar-refractivity contribution >= 4 is 52.0 Å². The summed E-state index contributed by atoms with van der Waals surface area (Å²) in [6.07, 6.45) is 1.57. The molecule has 2 rings (SSSR count). The first-order valence-corrected chi connectivity index (χ1v) is 8.34. The molecule has 2 atom stereocenters. The first kappa shape index (κ1) is 16.3. The topological polar surface area (TPSA) is 54.9 Å². The van der Waals surface area contributed by atoms with E-state index in [9.17, 15) is 4.79 Å². The maximum atomic E-state index is 12.0. The maximum Gasteiger partial charge on any atom is 0.265 e. The second kappa shape index (κ2) is 7.29. The molecule has 1 saturated heterocycles. The summed E-state index contributed by atoms with van der Waals surface area (Å²) in [5.41, 5.74) is 0. The Labute approximate surface area is 136 Å². The van der Waals surface area contributed by atoms with Crippen molar-refractivity contribution in [2.24, 2.45) is 0 Å². The van der Waals surface area contributed by atoms with Crippen LogP contribution in [0.25, 0.3) is 0 Å². The van der Waals surface area contributed by atoms with Crippen LogP contribution in [0, 0.1) is 0 Å². The molecule has 20 heavy (non-hydrogen) atoms. The number of quaternary nitrogens is 1. The Balaban J connectivity index is 1.91. The number of hydrogen-bond donors (Lipinski definition) is 2. The summed E-state index contributed by atoms with van der Waals surface area (Å²) in [4.78, 5) is 12.6. The number of halogens is 3. The van der Waals surface area contributed by atoms with Gasteiger partial charge in [0, 0.05) is 6.61 Å². The zero-order chi connectivity index (χ0) is 14.6. The van der Waals surface area contributed by atoms with Gasteiger partial charge in [0.2, 0.25) is 6.17 Å². The first-order valence-electron chi connectivity index (χ1n) is 6.33. The zero-order valence-corrected chi connectivity index (χ0v) is 13.7. The van der Waals surface area contributed by atoms with E-state index in [1.807, 2.05) is 10.7 Å². The molecule has 0 bridgehead atoms. The molecule has 1 aromatic rings. The van der Waals surface area contributed by atoms with Gasteiger partial charge >= 0.3 is 0 Å². The second-order valence-corrected chi connectivity index (χ2v) is 7.89. The predicted molar refractivity (Wildman–Crippen MR) is 81.6 cm³/mol. The lowest BCUT2D eigenvalue weighted by Gasteiger charge is -2.24. The van der Waals surface area contributed by atoms with Crippen LogP contribution in [0.15, 0.2) is 17.5 Å². The number of carbonyl (C=O) groups is 1. The van der Waals surface area contributed by atoms with Crippen molar-refractivity contribution in [3.05, 3.63) is 22.4 Å². The SMILES string of the molecule is O=C(NC([NH2+]CC1CCCO1)C(Cl)(Cl)Cl)c1cccs1. The average Bonchev–Trinajstić information content (AvgIpc) is 3.04. The molecule has 0 aromatic carbocycles. The Morgan fingerprint density at radius 3 is 2.95 bits per heavy atom. The van der Waals surface area contributed by atoms with Crippen LogP contribution < -0.4 is 10.6 Å². The lowest BCUT2D eigenvalue weighted by Crippen LogP contribution is -2.97. The molecule has 1 fully saturated rings. The van der Waals surface area contributed by atoms with Crippen molar-refractivity contribution in [2.45, 2.75) is 28.9 Å². The molecule has 112 valence electrons. The monoisotopic (exact) mass is 357 g/mol. The minimum atomic E-state index is -1.58. The first-order chi connectivity index (χ1) is 9.47. The molecule has 4 nitrogen and oxygen atoms in total. The van der Waals surface area contributed by atoms with Crippen LogP contribution in [-0.2, 0) is 4.74 Å². The van der Waals surface area contributed by atoms with Crippen molar-refractivity contribution < 1.29 is 14.8 Å². The van der Waals surface area contributed by atoms with E-state index >= 15 is 0 Å². The molecule has 0 saturated carbocycles. The Kier molecular flexibility index (Phi) is 5.95. The highest BCUT2D eigenvalue weighted by atomic mass is 35.6. The van der Waals surface area contributed by atoms with Gasteiger partial charge in [0.05, 0.1) is 4.88 Å². The summed E-state index contributed by atoms with van der Waals surface area (Å²) in [5.74, 6) is -0.236. The van der Waals surface area contributed by atoms with Crippen LogP contribution in [0.2, 0.25) is 0 Å². The van der Waals surface area contributed by atoms with Crippen LogP contribution in [-0.4, -0.2) is 35.1 Å². The predicted octanol–water partition coefficient (Wildman–Crippen LogP) is 1.92. The third-order valence-electron chi connectivity index (χ3n) is 3.04. The maximum absolute atomic E-state index is 12.0. The molecule has 1 aromatic heterocycles. The fourth-order valence-electron chi connectivity index (χ4n) is 2.01. The highest BCUT2D eigenvalue weighted by Gasteiger charge is 2.38. The Morgan fingerprint density at radius 2 is 2.40 bits per heavy atom. The second-order valence-electron chi connectivity index (χ2n) is 4.58. The van der Waals surface area contributed by atoms with Crippen molar-refractivity contribution in [1.82, 2.24) is 5.32 Å². The largest absolute Gasteiger partial charge is 0.372 e. The molecular formula is C12H16Cl3N2O2S+. The van der Waals surface area contributed by atoms with E-state index in [2.05, 4.69) is 5.32 Å². The number of rotatable bonds is 5. The molecule has 1 aliphatic heterocycles. The molecule has 1 aliphatic rings. The van der Waals surface area contributed by atoms with E-state index in [1.54, 1.807) is 12.1 Å². The van der Waals surface area contributed by atoms with Crippen molar-refractivity contribution in [3.8, 4) is 0 Å². The summed E-state index contributed by atoms with van der Waals surface area (Å²) < 4.78 is 3.94. The van der Waals surface area contributed by atoms with E-state index in [1.165, 1.54) is 11.3 Å². The van der Waals surface area contributed by atoms with Gasteiger partial charge in [-0.2, -0.15) is 0 Å². The number of carbonyl (C=O) groups excluding carboxylic acids is 1. The number of alkyl halides is 3. The van der Waals surface area contributed by atoms with Crippen LogP contribution in [0.4, 0.5) is 0 Å². The third kappa shape index (κ3) is 4.76. The normalized spacial score (nSPS) is 20.9. The van der Waals surface area contributed by atoms with Crippen molar-refractivity contribution in [1.29, 1.82) is 0 Å². The quantitative estimate of drug-likeness (QED) is 0.624. The Bertz CT molecular complexity index is 430. The minimum absolute atomic E-state index is 0.156. The van der Waals surface area contributed by atoms with Crippen LogP contribution in [0.1, 0.15) is 22.5 Å². The van der Waals surface area contributed by atoms with Gasteiger partial charge in [-0.1, -0.05) is 40.9 Å². The summed E-state index contributed by atoms with van der Waals surface area (Å²) in [6.45, 7) is 1.43. The summed E-state index contributed by atoms with van der Waals surface area (Å²) in [6, 6.07) is 3.54. The zero-order valence-electron chi connectivity index (χ0n) is 10.7. The fourth-order valence-corrected chi connectivity index (χ4v) is 3.07. The minimum Gasteiger partial charge on any atom is -0.372 e. The summed E-state index contributed by atoms with van der Waals surface area (Å²) >= 11 is 19.2. The van der Waals surface area contributed by atoms with Crippen LogP contribution in [0.3, 0.4) is 0 Å². The van der Waals surface area contributed by atoms with Gasteiger partial charge in [-0.25, -0.2) is 0 Å².